The van der Waals surface area contributed by atoms with Gasteiger partial charge in [-0.05, 0) is 135 Å². The van der Waals surface area contributed by atoms with E-state index in [1.807, 2.05) is 0 Å². The van der Waals surface area contributed by atoms with Crippen LogP contribution in [0.2, 0.25) is 0 Å². The van der Waals surface area contributed by atoms with Crippen molar-refractivity contribution in [3.8, 4) is 0 Å². The predicted molar refractivity (Wildman–Crippen MR) is 339 cm³/mol. The molecule has 0 aliphatic rings. The van der Waals surface area contributed by atoms with Crippen LogP contribution >= 0.6 is 0 Å². The highest BCUT2D eigenvalue weighted by atomic mass is 16.6. The summed E-state index contributed by atoms with van der Waals surface area (Å²) in [5.74, 6) is -0.948. The van der Waals surface area contributed by atoms with Gasteiger partial charge in [-0.3, -0.25) is 14.4 Å². The lowest BCUT2D eigenvalue weighted by atomic mass is 10.0. The molecule has 0 aromatic heterocycles. The van der Waals surface area contributed by atoms with Gasteiger partial charge < -0.3 is 14.2 Å². The fourth-order valence-electron chi connectivity index (χ4n) is 8.34. The average molecular weight is 1080 g/mol. The maximum atomic E-state index is 12.9. The molecule has 0 aromatic rings. The molecule has 1 unspecified atom stereocenters. The molecule has 0 rings (SSSR count). The van der Waals surface area contributed by atoms with Crippen LogP contribution in [0.15, 0.2) is 146 Å². The van der Waals surface area contributed by atoms with E-state index in [1.54, 1.807) is 0 Å². The van der Waals surface area contributed by atoms with Gasteiger partial charge in [0, 0.05) is 19.3 Å². The molecule has 0 saturated carbocycles. The van der Waals surface area contributed by atoms with Crippen LogP contribution in [0.5, 0.6) is 0 Å². The zero-order valence-corrected chi connectivity index (χ0v) is 50.4. The van der Waals surface area contributed by atoms with E-state index in [4.69, 9.17) is 14.2 Å². The van der Waals surface area contributed by atoms with Crippen LogP contribution in [0.25, 0.3) is 0 Å². The monoisotopic (exact) mass is 1080 g/mol. The first kappa shape index (κ1) is 73.3. The van der Waals surface area contributed by atoms with Gasteiger partial charge in [0.1, 0.15) is 13.2 Å². The number of carbonyl (C=O) groups excluding carboxylic acids is 3. The molecule has 0 amide bonds. The summed E-state index contributed by atoms with van der Waals surface area (Å²) in [6, 6.07) is 0. The molecular weight excluding hydrogens is 961 g/mol. The van der Waals surface area contributed by atoms with E-state index in [2.05, 4.69) is 167 Å². The second-order valence-electron chi connectivity index (χ2n) is 20.5. The van der Waals surface area contributed by atoms with Crippen LogP contribution in [0.1, 0.15) is 271 Å². The van der Waals surface area contributed by atoms with Crippen LogP contribution in [-0.4, -0.2) is 37.2 Å². The summed E-state index contributed by atoms with van der Waals surface area (Å²) < 4.78 is 16.8. The van der Waals surface area contributed by atoms with Crippen molar-refractivity contribution < 1.29 is 28.6 Å². The van der Waals surface area contributed by atoms with Crippen molar-refractivity contribution >= 4 is 17.9 Å². The van der Waals surface area contributed by atoms with Crippen LogP contribution < -0.4 is 0 Å². The van der Waals surface area contributed by atoms with Gasteiger partial charge in [-0.15, -0.1) is 0 Å². The molecule has 6 nitrogen and oxygen atoms in total. The molecule has 0 aromatic carbocycles. The first-order valence-corrected chi connectivity index (χ1v) is 31.8. The topological polar surface area (TPSA) is 78.9 Å². The van der Waals surface area contributed by atoms with Crippen molar-refractivity contribution in [2.24, 2.45) is 0 Å². The summed E-state index contributed by atoms with van der Waals surface area (Å²) in [6.07, 6.45) is 92.9. The minimum atomic E-state index is -0.804. The lowest BCUT2D eigenvalue weighted by molar-refractivity contribution is -0.167. The zero-order chi connectivity index (χ0) is 56.4. The summed E-state index contributed by atoms with van der Waals surface area (Å²) in [4.78, 5) is 38.2. The molecule has 0 bridgehead atoms. The Morgan fingerprint density at radius 1 is 0.269 bits per heavy atom. The van der Waals surface area contributed by atoms with Gasteiger partial charge in [0.15, 0.2) is 6.10 Å². The quantitative estimate of drug-likeness (QED) is 0.0261. The molecule has 0 aliphatic heterocycles. The molecule has 0 radical (unpaired) electrons. The van der Waals surface area contributed by atoms with Crippen LogP contribution in [0.3, 0.4) is 0 Å². The Morgan fingerprint density at radius 3 is 0.795 bits per heavy atom. The van der Waals surface area contributed by atoms with Crippen molar-refractivity contribution in [2.75, 3.05) is 13.2 Å². The van der Waals surface area contributed by atoms with Crippen molar-refractivity contribution in [2.45, 2.75) is 277 Å². The van der Waals surface area contributed by atoms with Gasteiger partial charge in [-0.1, -0.05) is 263 Å². The number of rotatable bonds is 56. The molecule has 1 atom stereocenters. The van der Waals surface area contributed by atoms with Crippen molar-refractivity contribution in [3.63, 3.8) is 0 Å². The highest BCUT2D eigenvalue weighted by Gasteiger charge is 2.19. The van der Waals surface area contributed by atoms with Gasteiger partial charge in [0.25, 0.3) is 0 Å². The Labute approximate surface area is 480 Å². The van der Waals surface area contributed by atoms with E-state index in [0.29, 0.717) is 19.3 Å². The second-order valence-corrected chi connectivity index (χ2v) is 20.5. The smallest absolute Gasteiger partial charge is 0.306 e. The molecule has 0 spiro atoms. The van der Waals surface area contributed by atoms with E-state index in [9.17, 15) is 14.4 Å². The van der Waals surface area contributed by atoms with E-state index >= 15 is 0 Å². The Hall–Kier alpha value is -4.71. The van der Waals surface area contributed by atoms with Crippen molar-refractivity contribution in [1.82, 2.24) is 0 Å². The van der Waals surface area contributed by atoms with Gasteiger partial charge in [-0.2, -0.15) is 0 Å². The highest BCUT2D eigenvalue weighted by molar-refractivity contribution is 5.71. The third-order valence-corrected chi connectivity index (χ3v) is 13.1. The lowest BCUT2D eigenvalue weighted by Crippen LogP contribution is -2.30. The molecule has 0 N–H and O–H groups in total. The fraction of sp³-hybridized carbons (Fsp3) is 0.625. The number of hydrogen-bond donors (Lipinski definition) is 0. The van der Waals surface area contributed by atoms with Gasteiger partial charge in [0.2, 0.25) is 0 Å². The summed E-state index contributed by atoms with van der Waals surface area (Å²) >= 11 is 0. The minimum absolute atomic E-state index is 0.0986. The number of carbonyl (C=O) groups is 3. The standard InChI is InChI=1S/C72H116O6/c1-4-7-10-13-16-19-22-25-27-28-29-30-31-32-33-34-35-36-37-38-39-40-41-42-43-44-45-48-50-53-56-59-62-65-71(74)77-68-69(67-76-70(73)64-61-58-55-52-49-46-24-21-18-15-12-9-6-3)78-72(75)66-63-60-57-54-51-47-26-23-20-17-14-11-8-5-2/h7,9-10,12,14,16-19,21,23,25-27,29-30,32-33,35-36,38-39,46,49,69H,4-6,8,11,13,15,20,22,24,28,31,34,37,40-45,47-48,50-68H2,1-3H3/b10-7-,12-9-,17-14-,19-16-,21-18-,26-23-,27-25-,30-29-,33-32-,36-35-,39-38-,49-46-. The van der Waals surface area contributed by atoms with E-state index in [-0.39, 0.29) is 31.1 Å². The van der Waals surface area contributed by atoms with Crippen LogP contribution in [0, 0.1) is 0 Å². The number of unbranched alkanes of at least 4 members (excludes halogenated alkanes) is 21. The summed E-state index contributed by atoms with van der Waals surface area (Å²) in [7, 11) is 0. The summed E-state index contributed by atoms with van der Waals surface area (Å²) in [5, 5.41) is 0. The molecule has 0 saturated heterocycles. The maximum Gasteiger partial charge on any atom is 0.306 e. The lowest BCUT2D eigenvalue weighted by Gasteiger charge is -2.18. The molecule has 440 valence electrons. The van der Waals surface area contributed by atoms with E-state index in [0.717, 1.165) is 154 Å². The molecule has 78 heavy (non-hydrogen) atoms. The average Bonchev–Trinajstić information content (AvgIpc) is 3.44. The largest absolute Gasteiger partial charge is 0.462 e. The SMILES string of the molecule is CC/C=C\C/C=C\C/C=C\C/C=C\C/C=C\C/C=C\C/C=C\CCCCCCCCCCCCCC(=O)OCC(COC(=O)CCCCC/C=C\C/C=C\C/C=C\CC)OC(=O)CCCCCCC/C=C\C/C=C\CCCC. The normalized spacial score (nSPS) is 13.1. The van der Waals surface area contributed by atoms with E-state index < -0.39 is 6.10 Å². The zero-order valence-electron chi connectivity index (χ0n) is 50.4. The maximum absolute atomic E-state index is 12.9. The predicted octanol–water partition coefficient (Wildman–Crippen LogP) is 21.9. The third kappa shape index (κ3) is 62.1. The molecule has 0 heterocycles. The molecular formula is C72H116O6. The van der Waals surface area contributed by atoms with Crippen LogP contribution in [0.4, 0.5) is 0 Å². The number of allylic oxidation sites excluding steroid dienone is 24. The first-order chi connectivity index (χ1) is 38.5. The first-order valence-electron chi connectivity index (χ1n) is 31.8. The molecule has 6 heteroatoms. The molecule has 0 aliphatic carbocycles. The minimum Gasteiger partial charge on any atom is -0.462 e. The van der Waals surface area contributed by atoms with Gasteiger partial charge in [0.05, 0.1) is 0 Å². The van der Waals surface area contributed by atoms with Gasteiger partial charge >= 0.3 is 17.9 Å². The summed E-state index contributed by atoms with van der Waals surface area (Å²) in [6.45, 7) is 6.33. The van der Waals surface area contributed by atoms with E-state index in [1.165, 1.54) is 77.0 Å². The number of esters is 3. The Morgan fingerprint density at radius 2 is 0.500 bits per heavy atom. The van der Waals surface area contributed by atoms with Gasteiger partial charge in [-0.25, -0.2) is 0 Å². The van der Waals surface area contributed by atoms with Crippen LogP contribution in [-0.2, 0) is 28.6 Å². The Kier molecular flexibility index (Phi) is 60.9. The summed E-state index contributed by atoms with van der Waals surface area (Å²) in [5.41, 5.74) is 0. The highest BCUT2D eigenvalue weighted by Crippen LogP contribution is 2.15. The van der Waals surface area contributed by atoms with Crippen molar-refractivity contribution in [1.29, 1.82) is 0 Å². The fourth-order valence-corrected chi connectivity index (χ4v) is 8.34. The molecule has 0 fully saturated rings. The van der Waals surface area contributed by atoms with Crippen molar-refractivity contribution in [3.05, 3.63) is 146 Å². The third-order valence-electron chi connectivity index (χ3n) is 13.1. The number of hydrogen-bond acceptors (Lipinski definition) is 6. The number of ether oxygens (including phenoxy) is 3. The Bertz CT molecular complexity index is 1710. The second kappa shape index (κ2) is 64.8. The Balaban J connectivity index is 4.25.